The Morgan fingerprint density at radius 1 is 1.12 bits per heavy atom. The lowest BCUT2D eigenvalue weighted by molar-refractivity contribution is -0.153. The van der Waals surface area contributed by atoms with Gasteiger partial charge in [0, 0.05) is 43.3 Å². The molecule has 0 spiro atoms. The molecule has 50 heavy (non-hydrogen) atoms. The molecule has 22 heteroatoms. The molecule has 3 aromatic rings. The summed E-state index contributed by atoms with van der Waals surface area (Å²) < 4.78 is 33.9. The second-order valence-electron chi connectivity index (χ2n) is 10.7. The highest BCUT2D eigenvalue weighted by Crippen LogP contribution is 2.40. The first-order chi connectivity index (χ1) is 23.7. The first-order valence-electron chi connectivity index (χ1n) is 14.4. The third-order valence-electron chi connectivity index (χ3n) is 7.64. The predicted octanol–water partition coefficient (Wildman–Crippen LogP) is 0.175. The van der Waals surface area contributed by atoms with E-state index in [0.717, 1.165) is 28.4 Å². The van der Waals surface area contributed by atoms with Crippen LogP contribution in [0.15, 0.2) is 29.8 Å². The Labute approximate surface area is 288 Å². The van der Waals surface area contributed by atoms with E-state index in [1.54, 1.807) is 5.38 Å². The predicted molar refractivity (Wildman–Crippen MR) is 166 cm³/mol. The summed E-state index contributed by atoms with van der Waals surface area (Å²) in [7, 11) is -1.97. The van der Waals surface area contributed by atoms with Gasteiger partial charge in [-0.25, -0.2) is 23.4 Å². The number of thiazole rings is 1. The number of halogens is 3. The molecule has 2 aliphatic heterocycles. The molecule has 7 N–H and O–H groups in total. The number of benzene rings is 2. The van der Waals surface area contributed by atoms with Gasteiger partial charge in [-0.05, 0) is 24.1 Å². The smallest absolute Gasteiger partial charge is 0.534 e. The Morgan fingerprint density at radius 3 is 2.54 bits per heavy atom. The van der Waals surface area contributed by atoms with Crippen molar-refractivity contribution in [2.45, 2.75) is 18.4 Å². The molecule has 1 saturated heterocycles. The van der Waals surface area contributed by atoms with Crippen molar-refractivity contribution >= 4 is 65.7 Å². The minimum absolute atomic E-state index is 0.0476. The number of urea groups is 1. The number of nitrogens with zero attached hydrogens (tertiary/aromatic N) is 3. The van der Waals surface area contributed by atoms with Gasteiger partial charge in [0.05, 0.1) is 11.0 Å². The number of piperazine rings is 1. The van der Waals surface area contributed by atoms with Crippen molar-refractivity contribution in [2.75, 3.05) is 26.2 Å². The Morgan fingerprint density at radius 2 is 1.86 bits per heavy atom. The lowest BCUT2D eigenvalue weighted by Crippen LogP contribution is -2.60. The molecule has 1 unspecified atom stereocenters. The number of rotatable bonds is 9. The molecule has 2 aromatic carbocycles. The van der Waals surface area contributed by atoms with E-state index in [0.29, 0.717) is 11.0 Å². The Bertz CT molecular complexity index is 1910. The number of aromatic carboxylic acids is 1. The highest BCUT2D eigenvalue weighted by Gasteiger charge is 2.42. The molecule has 17 nitrogen and oxygen atoms in total. The van der Waals surface area contributed by atoms with Crippen molar-refractivity contribution in [3.05, 3.63) is 68.1 Å². The second kappa shape index (κ2) is 14.5. The summed E-state index contributed by atoms with van der Waals surface area (Å²) in [5.74, 6) is -12.8. The number of fused-ring (bicyclic) bond motifs is 1. The highest BCUT2D eigenvalue weighted by molar-refractivity contribution is 7.11. The number of imide groups is 1. The highest BCUT2D eigenvalue weighted by atomic mass is 35.5. The summed E-state index contributed by atoms with van der Waals surface area (Å²) in [6.07, 6.45) is 1.11. The number of aromatic hydroxyl groups is 2. The first-order valence-corrected chi connectivity index (χ1v) is 15.6. The van der Waals surface area contributed by atoms with Crippen LogP contribution >= 0.6 is 22.9 Å². The molecule has 5 rings (SSSR count). The van der Waals surface area contributed by atoms with Gasteiger partial charge in [-0.15, -0.1) is 11.3 Å². The molecule has 0 bridgehead atoms. The summed E-state index contributed by atoms with van der Waals surface area (Å²) in [4.78, 5) is 81.8. The van der Waals surface area contributed by atoms with Crippen LogP contribution in [0.1, 0.15) is 37.3 Å². The number of nitrogens with one attached hydrogen (secondary N) is 3. The van der Waals surface area contributed by atoms with Crippen molar-refractivity contribution in [3.63, 3.8) is 0 Å². The zero-order valence-corrected chi connectivity index (χ0v) is 26.8. The van der Waals surface area contributed by atoms with Gasteiger partial charge >= 0.3 is 30.9 Å². The molecule has 3 heterocycles. The van der Waals surface area contributed by atoms with E-state index in [2.05, 4.69) is 20.9 Å². The van der Waals surface area contributed by atoms with Crippen LogP contribution in [0.25, 0.3) is 0 Å². The van der Waals surface area contributed by atoms with Crippen molar-refractivity contribution in [1.29, 1.82) is 0 Å². The van der Waals surface area contributed by atoms with E-state index >= 15 is 0 Å². The van der Waals surface area contributed by atoms with E-state index in [1.165, 1.54) is 6.20 Å². The van der Waals surface area contributed by atoms with Gasteiger partial charge in [-0.2, -0.15) is 0 Å². The Kier molecular flexibility index (Phi) is 10.4. The minimum Gasteiger partial charge on any atom is -0.534 e. The number of phenolic OH excluding ortho intramolecular Hbond substituents is 2. The molecule has 2 atom stereocenters. The van der Waals surface area contributed by atoms with Crippen LogP contribution in [0.3, 0.4) is 0 Å². The maximum absolute atomic E-state index is 14.6. The standard InChI is InChI=1S/C28H24BClF2N6O11S/c30-17-12(10-14(32)19(39)20(17)40)18(22(41)35-15-9-11-1-2-13(31)16(27(45)46)21(11)49-29(15)48)36-28(47)38-7-6-37(25(43)26(38)44)5-3-33-23(42)24-34-4-8-50-24/h1-2,4,8,10,15,18,39-40,48H,3,5-7,9H2,(H,33,42)(H,35,41)(H,36,47)(H,45,46)/t15-,18?/m0/s1. The van der Waals surface area contributed by atoms with Crippen LogP contribution in [0.4, 0.5) is 13.6 Å². The molecule has 0 radical (unpaired) electrons. The van der Waals surface area contributed by atoms with Gasteiger partial charge in [-0.3, -0.25) is 24.1 Å². The summed E-state index contributed by atoms with van der Waals surface area (Å²) in [5, 5.41) is 47.9. The van der Waals surface area contributed by atoms with Crippen molar-refractivity contribution in [1.82, 2.24) is 30.7 Å². The van der Waals surface area contributed by atoms with Crippen molar-refractivity contribution < 1.29 is 62.5 Å². The monoisotopic (exact) mass is 736 g/mol. The van der Waals surface area contributed by atoms with Crippen LogP contribution in [-0.2, 0) is 20.8 Å². The van der Waals surface area contributed by atoms with E-state index in [4.69, 9.17) is 16.3 Å². The largest absolute Gasteiger partial charge is 0.547 e. The van der Waals surface area contributed by atoms with Crippen LogP contribution in [0.2, 0.25) is 5.02 Å². The topological polar surface area (TPSA) is 248 Å². The fourth-order valence-electron chi connectivity index (χ4n) is 5.14. The van der Waals surface area contributed by atoms with Crippen molar-refractivity contribution in [3.8, 4) is 17.2 Å². The molecule has 1 fully saturated rings. The number of aromatic nitrogens is 1. The van der Waals surface area contributed by atoms with Gasteiger partial charge in [0.25, 0.3) is 5.91 Å². The lowest BCUT2D eigenvalue weighted by atomic mass is 9.72. The van der Waals surface area contributed by atoms with Crippen molar-refractivity contribution in [2.24, 2.45) is 0 Å². The van der Waals surface area contributed by atoms with Crippen LogP contribution < -0.4 is 20.6 Å². The summed E-state index contributed by atoms with van der Waals surface area (Å²) in [6, 6.07) is -0.893. The van der Waals surface area contributed by atoms with Gasteiger partial charge < -0.3 is 45.8 Å². The lowest BCUT2D eigenvalue weighted by Gasteiger charge is -2.34. The fraction of sp³-hybridized carbons (Fsp3) is 0.250. The number of carboxylic acids is 1. The summed E-state index contributed by atoms with van der Waals surface area (Å²) in [6.45, 7) is -0.711. The average Bonchev–Trinajstić information content (AvgIpc) is 3.62. The maximum Gasteiger partial charge on any atom is 0.547 e. The normalized spacial score (nSPS) is 16.3. The van der Waals surface area contributed by atoms with E-state index in [1.807, 2.05) is 0 Å². The molecule has 6 amide bonds. The molecular formula is C28H24BClF2N6O11S. The van der Waals surface area contributed by atoms with Crippen LogP contribution in [0, 0.1) is 11.6 Å². The van der Waals surface area contributed by atoms with E-state index in [-0.39, 0.29) is 43.2 Å². The molecule has 0 aliphatic carbocycles. The molecule has 1 aromatic heterocycles. The molecule has 2 aliphatic rings. The zero-order valence-electron chi connectivity index (χ0n) is 25.2. The van der Waals surface area contributed by atoms with Crippen LogP contribution in [0.5, 0.6) is 17.2 Å². The summed E-state index contributed by atoms with van der Waals surface area (Å²) >= 11 is 7.20. The molecule has 0 saturated carbocycles. The van der Waals surface area contributed by atoms with Gasteiger partial charge in [-0.1, -0.05) is 17.7 Å². The number of hydrogen-bond donors (Lipinski definition) is 7. The van der Waals surface area contributed by atoms with Gasteiger partial charge in [0.2, 0.25) is 5.91 Å². The number of carbonyl (C=O) groups excluding carboxylic acids is 5. The molecule has 262 valence electrons. The third kappa shape index (κ3) is 7.09. The fourth-order valence-corrected chi connectivity index (χ4v) is 5.95. The Hall–Kier alpha value is -5.54. The number of carboxylic acid groups (broad SMARTS) is 1. The number of carbonyl (C=O) groups is 6. The quantitative estimate of drug-likeness (QED) is 0.0883. The second-order valence-corrected chi connectivity index (χ2v) is 12.0. The number of amides is 6. The molecular weight excluding hydrogens is 713 g/mol. The Balaban J connectivity index is 1.33. The average molecular weight is 737 g/mol. The van der Waals surface area contributed by atoms with Gasteiger partial charge in [0.1, 0.15) is 23.2 Å². The number of hydrogen-bond acceptors (Lipinski definition) is 12. The van der Waals surface area contributed by atoms with E-state index in [9.17, 15) is 57.9 Å². The SMILES string of the molecule is O=C(NCCN1CCN(C(=O)NC(C(=O)N[C@H]2Cc3ccc(F)c(C(=O)O)c3OB2O)c2cc(F)c(O)c(O)c2Cl)C(=O)C1=O)c1nccs1. The number of phenols is 2. The van der Waals surface area contributed by atoms with Gasteiger partial charge in [0.15, 0.2) is 22.3 Å². The first kappa shape index (κ1) is 35.8. The maximum atomic E-state index is 14.6. The zero-order chi connectivity index (χ0) is 36.4. The third-order valence-corrected chi connectivity index (χ3v) is 8.80. The minimum atomic E-state index is -2.06. The van der Waals surface area contributed by atoms with Crippen LogP contribution in [-0.4, -0.2) is 110 Å². The summed E-state index contributed by atoms with van der Waals surface area (Å²) in [5.41, 5.74) is -1.42. The van der Waals surface area contributed by atoms with E-state index < -0.39 is 99.8 Å².